The number of fused-ring (bicyclic) bond motifs is 2. The van der Waals surface area contributed by atoms with Crippen LogP contribution in [0.15, 0.2) is 78.9 Å². The third-order valence-electron chi connectivity index (χ3n) is 9.99. The highest BCUT2D eigenvalue weighted by Gasteiger charge is 2.72. The molecule has 2 aromatic rings. The number of methoxy groups -OCH3 is 1. The molecular formula is C36H41N3O8. The van der Waals surface area contributed by atoms with Gasteiger partial charge < -0.3 is 34.0 Å². The van der Waals surface area contributed by atoms with Crippen LogP contribution in [0.2, 0.25) is 0 Å². The van der Waals surface area contributed by atoms with Gasteiger partial charge in [0.25, 0.3) is 5.91 Å². The quantitative estimate of drug-likeness (QED) is 0.390. The molecule has 4 aliphatic rings. The summed E-state index contributed by atoms with van der Waals surface area (Å²) in [6.07, 6.45) is 5.93. The van der Waals surface area contributed by atoms with Crippen molar-refractivity contribution in [3.63, 3.8) is 0 Å². The number of carbonyl (C=O) groups excluding carboxylic acids is 4. The number of likely N-dealkylation sites (N-methyl/N-ethyl adjacent to an activating group) is 1. The first-order valence-corrected chi connectivity index (χ1v) is 16.0. The van der Waals surface area contributed by atoms with Crippen molar-refractivity contribution in [2.24, 2.45) is 11.8 Å². The molecule has 2 aromatic carbocycles. The highest BCUT2D eigenvalue weighted by Crippen LogP contribution is 2.54. The first kappa shape index (κ1) is 32.5. The molecule has 0 unspecified atom stereocenters. The van der Waals surface area contributed by atoms with Gasteiger partial charge >= 0.3 is 5.97 Å². The minimum absolute atomic E-state index is 0.0983. The van der Waals surface area contributed by atoms with Crippen molar-refractivity contribution in [3.05, 3.63) is 84.5 Å². The van der Waals surface area contributed by atoms with Gasteiger partial charge in [-0.1, -0.05) is 54.6 Å². The largest absolute Gasteiger partial charge is 0.497 e. The van der Waals surface area contributed by atoms with E-state index in [-0.39, 0.29) is 18.9 Å². The van der Waals surface area contributed by atoms with E-state index in [1.165, 1.54) is 4.90 Å². The molecule has 0 radical (unpaired) electrons. The molecule has 0 saturated carbocycles. The molecule has 11 nitrogen and oxygen atoms in total. The number of rotatable bonds is 5. The zero-order valence-corrected chi connectivity index (χ0v) is 27.0. The topological polar surface area (TPSA) is 126 Å². The molecule has 1 spiro atoms. The van der Waals surface area contributed by atoms with Gasteiger partial charge in [-0.15, -0.1) is 0 Å². The minimum atomic E-state index is -1.52. The van der Waals surface area contributed by atoms with Crippen molar-refractivity contribution < 1.29 is 38.5 Å². The molecule has 248 valence electrons. The van der Waals surface area contributed by atoms with E-state index in [1.807, 2.05) is 37.3 Å². The molecule has 4 aliphatic heterocycles. The summed E-state index contributed by atoms with van der Waals surface area (Å²) in [6, 6.07) is 13.8. The summed E-state index contributed by atoms with van der Waals surface area (Å²) in [5.74, 6) is -3.19. The third kappa shape index (κ3) is 5.51. The molecule has 0 aliphatic carbocycles. The Balaban J connectivity index is 1.45. The summed E-state index contributed by atoms with van der Waals surface area (Å²) in [7, 11) is 3.25. The molecule has 0 bridgehead atoms. The van der Waals surface area contributed by atoms with Crippen LogP contribution in [0.4, 0.5) is 5.69 Å². The fraction of sp³-hybridized carbons (Fsp3) is 0.444. The number of ether oxygens (including phenoxy) is 3. The maximum Gasteiger partial charge on any atom is 0.313 e. The summed E-state index contributed by atoms with van der Waals surface area (Å²) in [5, 5.41) is 10.3. The molecule has 11 heteroatoms. The Bertz CT molecular complexity index is 1580. The van der Waals surface area contributed by atoms with Crippen molar-refractivity contribution in [2.75, 3.05) is 32.2 Å². The van der Waals surface area contributed by atoms with E-state index < -0.39 is 72.2 Å². The number of amides is 3. The average molecular weight is 644 g/mol. The van der Waals surface area contributed by atoms with E-state index >= 15 is 0 Å². The van der Waals surface area contributed by atoms with Gasteiger partial charge in [-0.3, -0.25) is 19.2 Å². The minimum Gasteiger partial charge on any atom is -0.497 e. The summed E-state index contributed by atoms with van der Waals surface area (Å²) in [5.41, 5.74) is -0.211. The molecule has 4 heterocycles. The Hall–Kier alpha value is -4.48. The molecule has 0 aromatic heterocycles. The van der Waals surface area contributed by atoms with Crippen LogP contribution < -0.4 is 9.64 Å². The van der Waals surface area contributed by atoms with Gasteiger partial charge in [-0.2, -0.15) is 0 Å². The SMILES string of the molecule is COc1ccc(N2CC=C[C@]34O[C@@H]5/C=C\CCC(=O)N(C)[C@H](C)[C@@H](c6ccccc6)OC(=O)[C@@H]5[C@H]3C(=O)N([C@H](C)CO)[C@@H]4C2=O)cc1. The summed E-state index contributed by atoms with van der Waals surface area (Å²) < 4.78 is 18.3. The number of esters is 1. The molecule has 1 N–H and O–H groups in total. The standard InChI is InChI=1S/C36H41N3O8/c1-22(21-40)39-32-34(43)38(25-15-17-26(45-4)18-16-25)20-10-19-36(32)30(33(39)42)29-27(47-36)13-8-9-14-28(41)37(3)23(2)31(46-35(29)44)24-11-6-5-7-12-24/h5-8,10-13,15-19,22-23,27,29-32,40H,9,14,20-21H2,1-4H3/b13-8-/t22-,23-,27-,29+,30+,31+,32-,36+/m1/s1. The van der Waals surface area contributed by atoms with Gasteiger partial charge in [-0.05, 0) is 50.1 Å². The van der Waals surface area contributed by atoms with Crippen LogP contribution in [-0.4, -0.2) is 95.7 Å². The van der Waals surface area contributed by atoms with E-state index in [2.05, 4.69) is 0 Å². The Morgan fingerprint density at radius 1 is 1.02 bits per heavy atom. The van der Waals surface area contributed by atoms with Gasteiger partial charge in [0.15, 0.2) is 0 Å². The lowest BCUT2D eigenvalue weighted by Crippen LogP contribution is -2.57. The van der Waals surface area contributed by atoms with Gasteiger partial charge in [0.2, 0.25) is 11.8 Å². The maximum absolute atomic E-state index is 14.6. The highest BCUT2D eigenvalue weighted by molar-refractivity contribution is 6.05. The first-order valence-electron chi connectivity index (χ1n) is 16.0. The van der Waals surface area contributed by atoms with Crippen molar-refractivity contribution in [2.45, 2.75) is 62.6 Å². The number of benzene rings is 2. The molecule has 2 saturated heterocycles. The summed E-state index contributed by atoms with van der Waals surface area (Å²) in [6.45, 7) is 3.31. The third-order valence-corrected chi connectivity index (χ3v) is 9.99. The van der Waals surface area contributed by atoms with Crippen LogP contribution in [0.3, 0.4) is 0 Å². The molecule has 47 heavy (non-hydrogen) atoms. The zero-order chi connectivity index (χ0) is 33.5. The Morgan fingerprint density at radius 2 is 1.74 bits per heavy atom. The van der Waals surface area contributed by atoms with Crippen molar-refractivity contribution >= 4 is 29.4 Å². The Labute approximate surface area is 274 Å². The van der Waals surface area contributed by atoms with Gasteiger partial charge in [0, 0.05) is 25.7 Å². The number of hydrogen-bond donors (Lipinski definition) is 1. The van der Waals surface area contributed by atoms with Gasteiger partial charge in [-0.25, -0.2) is 0 Å². The lowest BCUT2D eigenvalue weighted by molar-refractivity contribution is -0.164. The number of nitrogens with zero attached hydrogens (tertiary/aromatic N) is 3. The normalized spacial score (nSPS) is 32.4. The van der Waals surface area contributed by atoms with E-state index in [4.69, 9.17) is 14.2 Å². The monoisotopic (exact) mass is 643 g/mol. The van der Waals surface area contributed by atoms with Gasteiger partial charge in [0.05, 0.1) is 37.8 Å². The van der Waals surface area contributed by atoms with E-state index in [9.17, 15) is 24.3 Å². The maximum atomic E-state index is 14.6. The van der Waals surface area contributed by atoms with E-state index in [0.717, 1.165) is 0 Å². The number of aliphatic hydroxyl groups is 1. The second-order valence-electron chi connectivity index (χ2n) is 12.6. The van der Waals surface area contributed by atoms with Crippen molar-refractivity contribution in [1.82, 2.24) is 9.80 Å². The van der Waals surface area contributed by atoms with E-state index in [0.29, 0.717) is 23.4 Å². The molecule has 2 fully saturated rings. The Morgan fingerprint density at radius 3 is 2.43 bits per heavy atom. The van der Waals surface area contributed by atoms with Crippen LogP contribution >= 0.6 is 0 Å². The fourth-order valence-electron chi connectivity index (χ4n) is 7.38. The number of cyclic esters (lactones) is 1. The summed E-state index contributed by atoms with van der Waals surface area (Å²) >= 11 is 0. The fourth-order valence-corrected chi connectivity index (χ4v) is 7.38. The van der Waals surface area contributed by atoms with E-state index in [1.54, 1.807) is 79.5 Å². The van der Waals surface area contributed by atoms with Crippen molar-refractivity contribution in [3.8, 4) is 5.75 Å². The molecule has 3 amide bonds. The Kier molecular flexibility index (Phi) is 8.95. The van der Waals surface area contributed by atoms with Crippen LogP contribution in [0.1, 0.15) is 38.4 Å². The molecule has 8 atom stereocenters. The second-order valence-corrected chi connectivity index (χ2v) is 12.6. The number of anilines is 1. The number of likely N-dealkylation sites (tertiary alicyclic amines) is 1. The molecular weight excluding hydrogens is 602 g/mol. The smallest absolute Gasteiger partial charge is 0.313 e. The highest BCUT2D eigenvalue weighted by atomic mass is 16.6. The number of hydrogen-bond acceptors (Lipinski definition) is 8. The number of carbonyl (C=O) groups is 4. The van der Waals surface area contributed by atoms with Crippen LogP contribution in [0, 0.1) is 11.8 Å². The van der Waals surface area contributed by atoms with Crippen LogP contribution in [0.25, 0.3) is 0 Å². The van der Waals surface area contributed by atoms with Crippen LogP contribution in [-0.2, 0) is 28.7 Å². The lowest BCUT2D eigenvalue weighted by Gasteiger charge is -2.37. The lowest BCUT2D eigenvalue weighted by atomic mass is 9.77. The predicted octanol–water partition coefficient (Wildman–Crippen LogP) is 3.04. The number of aliphatic hydroxyl groups excluding tert-OH is 1. The summed E-state index contributed by atoms with van der Waals surface area (Å²) in [4.78, 5) is 61.2. The van der Waals surface area contributed by atoms with Gasteiger partial charge in [0.1, 0.15) is 29.4 Å². The van der Waals surface area contributed by atoms with Crippen LogP contribution in [0.5, 0.6) is 5.75 Å². The number of allylic oxidation sites excluding steroid dienone is 1. The van der Waals surface area contributed by atoms with Crippen molar-refractivity contribution in [1.29, 1.82) is 0 Å². The molecule has 6 rings (SSSR count). The average Bonchev–Trinajstić information content (AvgIpc) is 3.49. The zero-order valence-electron chi connectivity index (χ0n) is 27.0. The first-order chi connectivity index (χ1) is 22.6. The second kappa shape index (κ2) is 13.0. The predicted molar refractivity (Wildman–Crippen MR) is 172 cm³/mol.